The molecule has 0 radical (unpaired) electrons. The van der Waals surface area contributed by atoms with Gasteiger partial charge in [-0.05, 0) is 37.7 Å². The summed E-state index contributed by atoms with van der Waals surface area (Å²) >= 11 is 1.70. The Bertz CT molecular complexity index is 928. The van der Waals surface area contributed by atoms with Gasteiger partial charge in [-0.2, -0.15) is 0 Å². The summed E-state index contributed by atoms with van der Waals surface area (Å²) in [5.41, 5.74) is 1.36. The van der Waals surface area contributed by atoms with Crippen LogP contribution in [0.25, 0.3) is 10.2 Å². The molecule has 0 aromatic carbocycles. The van der Waals surface area contributed by atoms with Gasteiger partial charge in [0, 0.05) is 44.7 Å². The summed E-state index contributed by atoms with van der Waals surface area (Å²) in [6, 6.07) is 0. The lowest BCUT2D eigenvalue weighted by Gasteiger charge is -2.36. The van der Waals surface area contributed by atoms with E-state index in [1.165, 1.54) is 24.0 Å². The molecule has 28 heavy (non-hydrogen) atoms. The molecule has 1 aliphatic carbocycles. The number of ether oxygens (including phenoxy) is 1. The summed E-state index contributed by atoms with van der Waals surface area (Å²) in [5.74, 6) is 0.777. The maximum atomic E-state index is 13.4. The molecule has 0 N–H and O–H groups in total. The van der Waals surface area contributed by atoms with E-state index in [1.54, 1.807) is 11.3 Å². The molecule has 2 aliphatic rings. The summed E-state index contributed by atoms with van der Waals surface area (Å²) in [6.45, 7) is 5.50. The Morgan fingerprint density at radius 3 is 2.64 bits per heavy atom. The lowest BCUT2D eigenvalue weighted by molar-refractivity contribution is -0.135. The zero-order valence-electron chi connectivity index (χ0n) is 16.7. The standard InChI is InChI=1S/C20H28N4O3S/c1-3-8-24-19(26)17-14-6-4-5-7-15(14)28-18(17)21-20(24)23-11-9-22(10-12-23)16(25)13-27-2/h3-13H2,1-2H3. The number of anilines is 1. The van der Waals surface area contributed by atoms with Crippen LogP contribution in [-0.4, -0.2) is 60.3 Å². The van der Waals surface area contributed by atoms with Crippen LogP contribution in [0.5, 0.6) is 0 Å². The van der Waals surface area contributed by atoms with Crippen LogP contribution in [0.3, 0.4) is 0 Å². The van der Waals surface area contributed by atoms with Gasteiger partial charge in [0.2, 0.25) is 11.9 Å². The van der Waals surface area contributed by atoms with Crippen LogP contribution in [0.1, 0.15) is 36.6 Å². The average Bonchev–Trinajstić information content (AvgIpc) is 3.09. The molecular weight excluding hydrogens is 376 g/mol. The minimum Gasteiger partial charge on any atom is -0.375 e. The third-order valence-electron chi connectivity index (χ3n) is 5.68. The van der Waals surface area contributed by atoms with Gasteiger partial charge >= 0.3 is 0 Å². The third kappa shape index (κ3) is 3.43. The highest BCUT2D eigenvalue weighted by Crippen LogP contribution is 2.34. The smallest absolute Gasteiger partial charge is 0.263 e. The van der Waals surface area contributed by atoms with Gasteiger partial charge in [0.05, 0.1) is 5.39 Å². The molecule has 2 aromatic rings. The molecule has 3 heterocycles. The van der Waals surface area contributed by atoms with E-state index in [1.807, 2.05) is 9.47 Å². The van der Waals surface area contributed by atoms with Crippen molar-refractivity contribution in [2.45, 2.75) is 45.6 Å². The highest BCUT2D eigenvalue weighted by atomic mass is 32.1. The summed E-state index contributed by atoms with van der Waals surface area (Å²) in [4.78, 5) is 36.6. The second kappa shape index (κ2) is 8.21. The van der Waals surface area contributed by atoms with Crippen molar-refractivity contribution in [2.24, 2.45) is 0 Å². The van der Waals surface area contributed by atoms with Gasteiger partial charge in [-0.1, -0.05) is 6.92 Å². The maximum Gasteiger partial charge on any atom is 0.263 e. The predicted molar refractivity (Wildman–Crippen MR) is 111 cm³/mol. The van der Waals surface area contributed by atoms with E-state index < -0.39 is 0 Å². The zero-order chi connectivity index (χ0) is 19.7. The Morgan fingerprint density at radius 2 is 1.93 bits per heavy atom. The van der Waals surface area contributed by atoms with Crippen molar-refractivity contribution < 1.29 is 9.53 Å². The maximum absolute atomic E-state index is 13.4. The molecule has 2 aromatic heterocycles. The molecule has 0 bridgehead atoms. The quantitative estimate of drug-likeness (QED) is 0.763. The van der Waals surface area contributed by atoms with E-state index in [4.69, 9.17) is 9.72 Å². The first-order chi connectivity index (χ1) is 13.6. The molecule has 0 unspecified atom stereocenters. The van der Waals surface area contributed by atoms with E-state index >= 15 is 0 Å². The molecular formula is C20H28N4O3S. The SMILES string of the molecule is CCCn1c(N2CCN(C(=O)COC)CC2)nc2sc3c(c2c1=O)CCCC3. The molecule has 7 nitrogen and oxygen atoms in total. The Balaban J connectivity index is 1.68. The second-order valence-corrected chi connectivity index (χ2v) is 8.64. The molecule has 152 valence electrons. The molecule has 1 aliphatic heterocycles. The van der Waals surface area contributed by atoms with Crippen LogP contribution >= 0.6 is 11.3 Å². The highest BCUT2D eigenvalue weighted by Gasteiger charge is 2.27. The van der Waals surface area contributed by atoms with E-state index in [0.29, 0.717) is 32.7 Å². The van der Waals surface area contributed by atoms with Crippen molar-refractivity contribution >= 4 is 33.4 Å². The van der Waals surface area contributed by atoms with E-state index in [2.05, 4.69) is 11.8 Å². The van der Waals surface area contributed by atoms with Crippen molar-refractivity contribution in [3.63, 3.8) is 0 Å². The number of nitrogens with zero attached hydrogens (tertiary/aromatic N) is 4. The molecule has 0 saturated carbocycles. The van der Waals surface area contributed by atoms with Gasteiger partial charge in [-0.3, -0.25) is 14.2 Å². The number of rotatable bonds is 5. The number of fused-ring (bicyclic) bond motifs is 3. The van der Waals surface area contributed by atoms with Gasteiger partial charge < -0.3 is 14.5 Å². The number of thiophene rings is 1. The summed E-state index contributed by atoms with van der Waals surface area (Å²) in [5, 5.41) is 0.853. The monoisotopic (exact) mass is 404 g/mol. The Kier molecular flexibility index (Phi) is 5.68. The minimum atomic E-state index is 0.0161. The van der Waals surface area contributed by atoms with Crippen molar-refractivity contribution in [3.05, 3.63) is 20.8 Å². The fourth-order valence-electron chi connectivity index (χ4n) is 4.26. The van der Waals surface area contributed by atoms with Crippen molar-refractivity contribution in [3.8, 4) is 0 Å². The number of methoxy groups -OCH3 is 1. The molecule has 1 fully saturated rings. The van der Waals surface area contributed by atoms with Crippen molar-refractivity contribution in [1.82, 2.24) is 14.5 Å². The Labute approximate surface area is 168 Å². The number of carbonyl (C=O) groups excluding carboxylic acids is 1. The number of aromatic nitrogens is 2. The lowest BCUT2D eigenvalue weighted by Crippen LogP contribution is -2.51. The molecule has 1 amide bonds. The van der Waals surface area contributed by atoms with Crippen molar-refractivity contribution in [2.75, 3.05) is 44.8 Å². The van der Waals surface area contributed by atoms with E-state index in [9.17, 15) is 9.59 Å². The largest absolute Gasteiger partial charge is 0.375 e. The normalized spacial score (nSPS) is 17.2. The van der Waals surface area contributed by atoms with Gasteiger partial charge in [0.1, 0.15) is 11.4 Å². The van der Waals surface area contributed by atoms with Crippen LogP contribution in [0.15, 0.2) is 4.79 Å². The van der Waals surface area contributed by atoms with Crippen molar-refractivity contribution in [1.29, 1.82) is 0 Å². The Morgan fingerprint density at radius 1 is 1.18 bits per heavy atom. The zero-order valence-corrected chi connectivity index (χ0v) is 17.5. The van der Waals surface area contributed by atoms with E-state index in [0.717, 1.165) is 41.8 Å². The average molecular weight is 405 g/mol. The number of aryl methyl sites for hydroxylation is 2. The molecule has 0 spiro atoms. The minimum absolute atomic E-state index is 0.0161. The molecule has 0 atom stereocenters. The summed E-state index contributed by atoms with van der Waals surface area (Å²) in [6.07, 6.45) is 5.31. The summed E-state index contributed by atoms with van der Waals surface area (Å²) in [7, 11) is 1.54. The molecule has 4 rings (SSSR count). The van der Waals surface area contributed by atoms with Gasteiger partial charge in [-0.15, -0.1) is 11.3 Å². The van der Waals surface area contributed by atoms with Crippen LogP contribution in [0, 0.1) is 0 Å². The number of hydrogen-bond donors (Lipinski definition) is 0. The van der Waals surface area contributed by atoms with Gasteiger partial charge in [-0.25, -0.2) is 4.98 Å². The lowest BCUT2D eigenvalue weighted by atomic mass is 9.97. The Hall–Kier alpha value is -1.93. The third-order valence-corrected chi connectivity index (χ3v) is 6.87. The molecule has 8 heteroatoms. The van der Waals surface area contributed by atoms with Crippen LogP contribution < -0.4 is 10.5 Å². The topological polar surface area (TPSA) is 67.7 Å². The molecule has 1 saturated heterocycles. The fourth-order valence-corrected chi connectivity index (χ4v) is 5.51. The second-order valence-electron chi connectivity index (χ2n) is 7.56. The van der Waals surface area contributed by atoms with Crippen LogP contribution in [-0.2, 0) is 28.9 Å². The van der Waals surface area contributed by atoms with E-state index in [-0.39, 0.29) is 18.1 Å². The first kappa shape index (κ1) is 19.4. The first-order valence-corrected chi connectivity index (χ1v) is 11.0. The predicted octanol–water partition coefficient (Wildman–Crippen LogP) is 2.04. The van der Waals surface area contributed by atoms with Crippen LogP contribution in [0.4, 0.5) is 5.95 Å². The fraction of sp³-hybridized carbons (Fsp3) is 0.650. The number of amides is 1. The number of piperazine rings is 1. The van der Waals surface area contributed by atoms with Crippen LogP contribution in [0.2, 0.25) is 0 Å². The highest BCUT2D eigenvalue weighted by molar-refractivity contribution is 7.18. The first-order valence-electron chi connectivity index (χ1n) is 10.2. The number of hydrogen-bond acceptors (Lipinski definition) is 6. The summed E-state index contributed by atoms with van der Waals surface area (Å²) < 4.78 is 6.82. The van der Waals surface area contributed by atoms with Gasteiger partial charge in [0.25, 0.3) is 5.56 Å². The van der Waals surface area contributed by atoms with Gasteiger partial charge in [0.15, 0.2) is 0 Å². The number of carbonyl (C=O) groups is 1.